The van der Waals surface area contributed by atoms with Crippen LogP contribution in [0.25, 0.3) is 0 Å². The van der Waals surface area contributed by atoms with Gasteiger partial charge in [0.25, 0.3) is 5.91 Å². The van der Waals surface area contributed by atoms with Crippen LogP contribution in [0.5, 0.6) is 0 Å². The number of rotatable bonds is 6. The quantitative estimate of drug-likeness (QED) is 0.443. The van der Waals surface area contributed by atoms with Crippen molar-refractivity contribution in [3.8, 4) is 0 Å². The van der Waals surface area contributed by atoms with E-state index in [0.717, 1.165) is 3.57 Å². The lowest BCUT2D eigenvalue weighted by Gasteiger charge is -2.26. The average molecular weight is 544 g/mol. The maximum atomic E-state index is 12.9. The van der Waals surface area contributed by atoms with E-state index in [4.69, 9.17) is 9.47 Å². The van der Waals surface area contributed by atoms with Gasteiger partial charge in [-0.1, -0.05) is 12.1 Å². The zero-order valence-corrected chi connectivity index (χ0v) is 19.2. The van der Waals surface area contributed by atoms with Gasteiger partial charge in [0.1, 0.15) is 0 Å². The van der Waals surface area contributed by atoms with Crippen molar-refractivity contribution in [1.29, 1.82) is 0 Å². The van der Waals surface area contributed by atoms with E-state index in [1.165, 1.54) is 10.4 Å². The lowest BCUT2D eigenvalue weighted by molar-refractivity contribution is -0.119. The Morgan fingerprint density at radius 1 is 1.17 bits per heavy atom. The molecule has 160 valence electrons. The lowest BCUT2D eigenvalue weighted by atomic mass is 10.2. The Morgan fingerprint density at radius 2 is 1.90 bits per heavy atom. The van der Waals surface area contributed by atoms with E-state index >= 15 is 0 Å². The van der Waals surface area contributed by atoms with Crippen molar-refractivity contribution in [1.82, 2.24) is 4.31 Å². The molecule has 1 aliphatic heterocycles. The molecule has 0 aliphatic carbocycles. The van der Waals surface area contributed by atoms with Crippen molar-refractivity contribution < 1.29 is 27.5 Å². The van der Waals surface area contributed by atoms with Gasteiger partial charge in [0.15, 0.2) is 6.61 Å². The van der Waals surface area contributed by atoms with Crippen LogP contribution in [-0.4, -0.2) is 57.5 Å². The summed E-state index contributed by atoms with van der Waals surface area (Å²) in [6.07, 6.45) is 0. The molecular formula is C20H21IN2O6S. The summed E-state index contributed by atoms with van der Waals surface area (Å²) >= 11 is 2.08. The zero-order chi connectivity index (χ0) is 21.7. The fourth-order valence-electron chi connectivity index (χ4n) is 2.91. The maximum Gasteiger partial charge on any atom is 0.338 e. The molecule has 1 aliphatic rings. The van der Waals surface area contributed by atoms with Crippen LogP contribution < -0.4 is 5.32 Å². The first-order valence-corrected chi connectivity index (χ1v) is 11.7. The summed E-state index contributed by atoms with van der Waals surface area (Å²) in [4.78, 5) is 24.4. The Bertz CT molecular complexity index is 1050. The zero-order valence-electron chi connectivity index (χ0n) is 16.3. The first-order valence-electron chi connectivity index (χ1n) is 9.18. The van der Waals surface area contributed by atoms with Crippen LogP contribution in [0.4, 0.5) is 5.69 Å². The van der Waals surface area contributed by atoms with Crippen molar-refractivity contribution in [2.24, 2.45) is 0 Å². The number of amides is 1. The molecule has 8 nitrogen and oxygen atoms in total. The van der Waals surface area contributed by atoms with Crippen LogP contribution in [0.1, 0.15) is 15.9 Å². The van der Waals surface area contributed by atoms with Crippen molar-refractivity contribution in [2.75, 3.05) is 38.2 Å². The summed E-state index contributed by atoms with van der Waals surface area (Å²) in [5, 5.41) is 2.58. The number of hydrogen-bond donors (Lipinski definition) is 1. The number of carbonyl (C=O) groups is 2. The molecule has 30 heavy (non-hydrogen) atoms. The van der Waals surface area contributed by atoms with Crippen molar-refractivity contribution in [2.45, 2.75) is 11.8 Å². The van der Waals surface area contributed by atoms with Gasteiger partial charge in [-0.05, 0) is 65.4 Å². The van der Waals surface area contributed by atoms with E-state index in [1.807, 2.05) is 6.07 Å². The largest absolute Gasteiger partial charge is 0.452 e. The number of carbonyl (C=O) groups excluding carboxylic acids is 2. The Balaban J connectivity index is 1.66. The fourth-order valence-corrected chi connectivity index (χ4v) is 5.11. The second kappa shape index (κ2) is 9.86. The van der Waals surface area contributed by atoms with Gasteiger partial charge in [0, 0.05) is 22.3 Å². The van der Waals surface area contributed by atoms with Gasteiger partial charge in [0.05, 0.1) is 23.7 Å². The van der Waals surface area contributed by atoms with Crippen molar-refractivity contribution in [3.05, 3.63) is 57.2 Å². The number of morpholine rings is 1. The van der Waals surface area contributed by atoms with E-state index in [-0.39, 0.29) is 18.0 Å². The maximum absolute atomic E-state index is 12.9. The topological polar surface area (TPSA) is 102 Å². The molecule has 1 N–H and O–H groups in total. The van der Waals surface area contributed by atoms with Gasteiger partial charge in [-0.15, -0.1) is 0 Å². The number of hydrogen-bond acceptors (Lipinski definition) is 6. The number of aryl methyl sites for hydroxylation is 1. The van der Waals surface area contributed by atoms with Gasteiger partial charge in [-0.25, -0.2) is 13.2 Å². The minimum atomic E-state index is -3.70. The van der Waals surface area contributed by atoms with E-state index in [1.54, 1.807) is 37.3 Å². The Hall–Kier alpha value is -2.02. The predicted octanol–water partition coefficient (Wildman–Crippen LogP) is 2.42. The van der Waals surface area contributed by atoms with Gasteiger partial charge < -0.3 is 14.8 Å². The van der Waals surface area contributed by atoms with E-state index in [9.17, 15) is 18.0 Å². The standard InChI is InChI=1S/C20H21IN2O6S/c1-14-5-6-17(12-18(14)30(26,27)23-7-9-28-10-8-23)22-19(24)13-29-20(25)15-3-2-4-16(21)11-15/h2-6,11-12H,7-10,13H2,1H3,(H,22,24). The minimum Gasteiger partial charge on any atom is -0.452 e. The van der Waals surface area contributed by atoms with Crippen LogP contribution in [0, 0.1) is 10.5 Å². The third kappa shape index (κ3) is 5.56. The van der Waals surface area contributed by atoms with Crippen LogP contribution in [0.2, 0.25) is 0 Å². The van der Waals surface area contributed by atoms with Crippen LogP contribution in [0.3, 0.4) is 0 Å². The number of benzene rings is 2. The molecule has 0 bridgehead atoms. The molecule has 0 aromatic heterocycles. The number of sulfonamides is 1. The predicted molar refractivity (Wildman–Crippen MR) is 119 cm³/mol. The lowest BCUT2D eigenvalue weighted by Crippen LogP contribution is -2.40. The molecule has 1 fully saturated rings. The van der Waals surface area contributed by atoms with Crippen LogP contribution in [-0.2, 0) is 24.3 Å². The molecule has 0 saturated carbocycles. The molecule has 1 amide bonds. The van der Waals surface area contributed by atoms with E-state index in [0.29, 0.717) is 30.0 Å². The molecule has 0 atom stereocenters. The summed E-state index contributed by atoms with van der Waals surface area (Å²) < 4.78 is 38.4. The van der Waals surface area contributed by atoms with Crippen molar-refractivity contribution >= 4 is 50.2 Å². The molecule has 2 aromatic carbocycles. The Kier molecular flexibility index (Phi) is 7.45. The highest BCUT2D eigenvalue weighted by atomic mass is 127. The molecule has 2 aromatic rings. The van der Waals surface area contributed by atoms with Crippen LogP contribution in [0.15, 0.2) is 47.4 Å². The fraction of sp³-hybridized carbons (Fsp3) is 0.300. The normalized spacial score (nSPS) is 14.9. The Morgan fingerprint density at radius 3 is 2.60 bits per heavy atom. The Labute approximate surface area is 188 Å². The molecule has 1 saturated heterocycles. The summed E-state index contributed by atoms with van der Waals surface area (Å²) in [6.45, 7) is 2.48. The van der Waals surface area contributed by atoms with E-state index < -0.39 is 28.5 Å². The second-order valence-electron chi connectivity index (χ2n) is 6.63. The number of halogens is 1. The average Bonchev–Trinajstić information content (AvgIpc) is 2.74. The third-order valence-electron chi connectivity index (χ3n) is 4.45. The summed E-state index contributed by atoms with van der Waals surface area (Å²) in [7, 11) is -3.70. The first kappa shape index (κ1) is 22.7. The highest BCUT2D eigenvalue weighted by molar-refractivity contribution is 14.1. The first-order chi connectivity index (χ1) is 14.3. The van der Waals surface area contributed by atoms with Gasteiger partial charge >= 0.3 is 5.97 Å². The second-order valence-corrected chi connectivity index (χ2v) is 9.78. The summed E-state index contributed by atoms with van der Waals surface area (Å²) in [5.74, 6) is -1.17. The number of ether oxygens (including phenoxy) is 2. The SMILES string of the molecule is Cc1ccc(NC(=O)COC(=O)c2cccc(I)c2)cc1S(=O)(=O)N1CCOCC1. The third-order valence-corrected chi connectivity index (χ3v) is 7.17. The molecule has 1 heterocycles. The number of anilines is 1. The van der Waals surface area contributed by atoms with E-state index in [2.05, 4.69) is 27.9 Å². The molecule has 0 spiro atoms. The minimum absolute atomic E-state index is 0.123. The highest BCUT2D eigenvalue weighted by Gasteiger charge is 2.28. The van der Waals surface area contributed by atoms with Gasteiger partial charge in [-0.3, -0.25) is 4.79 Å². The number of nitrogens with one attached hydrogen (secondary N) is 1. The molecule has 0 unspecified atom stereocenters. The molecule has 3 rings (SSSR count). The highest BCUT2D eigenvalue weighted by Crippen LogP contribution is 2.24. The summed E-state index contributed by atoms with van der Waals surface area (Å²) in [5.41, 5.74) is 1.23. The number of nitrogens with zero attached hydrogens (tertiary/aromatic N) is 1. The van der Waals surface area contributed by atoms with Gasteiger partial charge in [0.2, 0.25) is 10.0 Å². The van der Waals surface area contributed by atoms with Gasteiger partial charge in [-0.2, -0.15) is 4.31 Å². The summed E-state index contributed by atoms with van der Waals surface area (Å²) in [6, 6.07) is 11.5. The molecule has 10 heteroatoms. The monoisotopic (exact) mass is 544 g/mol. The van der Waals surface area contributed by atoms with Crippen LogP contribution >= 0.6 is 22.6 Å². The smallest absolute Gasteiger partial charge is 0.338 e. The van der Waals surface area contributed by atoms with Crippen molar-refractivity contribution in [3.63, 3.8) is 0 Å². The molecular weight excluding hydrogens is 523 g/mol. The molecule has 0 radical (unpaired) electrons. The number of esters is 1.